The number of fused-ring (bicyclic) bond motifs is 1. The number of rotatable bonds is 5. The van der Waals surface area contributed by atoms with Crippen LogP contribution in [0.1, 0.15) is 26.0 Å². The van der Waals surface area contributed by atoms with Gasteiger partial charge in [0.2, 0.25) is 5.95 Å². The Bertz CT molecular complexity index is 791. The number of hydrogen-bond acceptors (Lipinski definition) is 7. The molecule has 1 aliphatic carbocycles. The molecule has 2 aliphatic heterocycles. The van der Waals surface area contributed by atoms with Gasteiger partial charge in [0, 0.05) is 26.1 Å². The highest BCUT2D eigenvalue weighted by Crippen LogP contribution is 2.55. The van der Waals surface area contributed by atoms with Gasteiger partial charge in [0.15, 0.2) is 17.3 Å². The van der Waals surface area contributed by atoms with Crippen molar-refractivity contribution in [3.05, 3.63) is 5.69 Å². The number of ether oxygens (including phenoxy) is 1. The van der Waals surface area contributed by atoms with Crippen molar-refractivity contribution in [2.24, 2.45) is 17.8 Å². The second-order valence-corrected chi connectivity index (χ2v) is 7.99. The Kier molecular flexibility index (Phi) is 4.44. The number of carbonyl (C=O) groups excluding carboxylic acids is 1. The number of Topliss-reactive ketones (excluding diaryl/α,β-unsaturated/α-hetero) is 1. The third-order valence-electron chi connectivity index (χ3n) is 6.19. The minimum absolute atomic E-state index is 0.0539. The second kappa shape index (κ2) is 6.47. The highest BCUT2D eigenvalue weighted by molar-refractivity contribution is 5.76. The van der Waals surface area contributed by atoms with Crippen molar-refractivity contribution in [2.75, 3.05) is 36.5 Å². The normalized spacial score (nSPS) is 31.5. The molecule has 1 N–H and O–H groups in total. The molecule has 0 aromatic carbocycles. The summed E-state index contributed by atoms with van der Waals surface area (Å²) in [7, 11) is 1.18. The molecule has 7 nitrogen and oxygen atoms in total. The van der Waals surface area contributed by atoms with Crippen LogP contribution >= 0.6 is 0 Å². The van der Waals surface area contributed by atoms with Gasteiger partial charge in [-0.15, -0.1) is 0 Å². The predicted molar refractivity (Wildman–Crippen MR) is 94.4 cm³/mol. The van der Waals surface area contributed by atoms with Crippen LogP contribution in [0.4, 0.5) is 24.9 Å². The van der Waals surface area contributed by atoms with Gasteiger partial charge in [0.25, 0.3) is 0 Å². The average Bonchev–Trinajstić information content (AvgIpc) is 3.05. The number of aromatic nitrogens is 2. The minimum Gasteiger partial charge on any atom is -0.491 e. The number of aliphatic hydroxyl groups excluding tert-OH is 1. The Labute approximate surface area is 160 Å². The number of nitrogens with zero attached hydrogens (tertiary/aromatic N) is 4. The van der Waals surface area contributed by atoms with Crippen molar-refractivity contribution >= 4 is 17.5 Å². The molecule has 0 radical (unpaired) electrons. The third kappa shape index (κ3) is 3.07. The summed E-state index contributed by atoms with van der Waals surface area (Å²) in [6.07, 6.45) is -4.79. The largest absolute Gasteiger partial charge is 0.491 e. The molecule has 28 heavy (non-hydrogen) atoms. The average molecular weight is 400 g/mol. The Morgan fingerprint density at radius 1 is 1.25 bits per heavy atom. The lowest BCUT2D eigenvalue weighted by Crippen LogP contribution is -2.59. The summed E-state index contributed by atoms with van der Waals surface area (Å²) in [5.41, 5.74) is -1.11. The van der Waals surface area contributed by atoms with Crippen LogP contribution in [0.2, 0.25) is 0 Å². The third-order valence-corrected chi connectivity index (χ3v) is 6.19. The second-order valence-electron chi connectivity index (χ2n) is 7.99. The van der Waals surface area contributed by atoms with E-state index in [0.717, 1.165) is 0 Å². The van der Waals surface area contributed by atoms with E-state index in [4.69, 9.17) is 4.74 Å². The molecular weight excluding hydrogens is 377 g/mol. The van der Waals surface area contributed by atoms with Crippen molar-refractivity contribution in [3.8, 4) is 5.75 Å². The lowest BCUT2D eigenvalue weighted by Gasteiger charge is -2.43. The number of anilines is 2. The summed E-state index contributed by atoms with van der Waals surface area (Å²) in [6.45, 7) is 4.56. The zero-order chi connectivity index (χ0) is 20.4. The molecule has 1 aromatic heterocycles. The van der Waals surface area contributed by atoms with E-state index < -0.39 is 18.0 Å². The molecule has 10 heteroatoms. The zero-order valence-corrected chi connectivity index (χ0v) is 15.9. The molecule has 0 bridgehead atoms. The molecule has 154 valence electrons. The van der Waals surface area contributed by atoms with Gasteiger partial charge in [0.1, 0.15) is 5.78 Å². The Hall–Kier alpha value is -2.10. The van der Waals surface area contributed by atoms with Gasteiger partial charge in [0.05, 0.1) is 19.3 Å². The van der Waals surface area contributed by atoms with Crippen LogP contribution in [0.25, 0.3) is 0 Å². The van der Waals surface area contributed by atoms with Gasteiger partial charge in [-0.2, -0.15) is 18.2 Å². The fraction of sp³-hybridized carbons (Fsp3) is 0.722. The van der Waals surface area contributed by atoms with E-state index in [0.29, 0.717) is 37.3 Å². The predicted octanol–water partition coefficient (Wildman–Crippen LogP) is 1.73. The minimum atomic E-state index is -4.69. The number of alkyl halides is 3. The lowest BCUT2D eigenvalue weighted by molar-refractivity contribution is -0.142. The molecule has 3 aliphatic rings. The van der Waals surface area contributed by atoms with E-state index in [2.05, 4.69) is 9.97 Å². The van der Waals surface area contributed by atoms with E-state index >= 15 is 0 Å². The number of methoxy groups -OCH3 is 1. The molecule has 3 heterocycles. The van der Waals surface area contributed by atoms with Crippen LogP contribution in [0.5, 0.6) is 5.75 Å². The van der Waals surface area contributed by atoms with E-state index in [1.807, 2.05) is 0 Å². The number of piperidine rings is 1. The molecule has 0 spiro atoms. The summed E-state index contributed by atoms with van der Waals surface area (Å²) in [5.74, 6) is 0.738. The number of halogens is 3. The van der Waals surface area contributed by atoms with E-state index in [9.17, 15) is 23.1 Å². The molecule has 3 fully saturated rings. The van der Waals surface area contributed by atoms with Crippen LogP contribution in [0.15, 0.2) is 0 Å². The maximum absolute atomic E-state index is 13.6. The smallest absolute Gasteiger partial charge is 0.437 e. The number of aliphatic hydroxyl groups is 1. The summed E-state index contributed by atoms with van der Waals surface area (Å²) in [5, 5.41) is 9.72. The highest BCUT2D eigenvalue weighted by Gasteiger charge is 2.56. The summed E-state index contributed by atoms with van der Waals surface area (Å²) >= 11 is 0. The Balaban J connectivity index is 1.66. The Morgan fingerprint density at radius 2 is 1.89 bits per heavy atom. The molecule has 2 saturated heterocycles. The lowest BCUT2D eigenvalue weighted by atomic mass is 10.0. The quantitative estimate of drug-likeness (QED) is 0.807. The van der Waals surface area contributed by atoms with Crippen LogP contribution in [0, 0.1) is 17.8 Å². The molecule has 0 amide bonds. The first-order chi connectivity index (χ1) is 13.1. The summed E-state index contributed by atoms with van der Waals surface area (Å²) in [4.78, 5) is 22.8. The van der Waals surface area contributed by atoms with Gasteiger partial charge in [-0.3, -0.25) is 0 Å². The number of carbonyl (C=O) groups is 1. The van der Waals surface area contributed by atoms with E-state index in [-0.39, 0.29) is 35.9 Å². The molecule has 1 unspecified atom stereocenters. The highest BCUT2D eigenvalue weighted by atomic mass is 19.4. The van der Waals surface area contributed by atoms with Gasteiger partial charge in [-0.25, -0.2) is 4.98 Å². The van der Waals surface area contributed by atoms with Crippen molar-refractivity contribution in [2.45, 2.75) is 38.6 Å². The zero-order valence-electron chi connectivity index (χ0n) is 15.9. The van der Waals surface area contributed by atoms with Crippen LogP contribution in [0.3, 0.4) is 0 Å². The van der Waals surface area contributed by atoms with E-state index in [1.165, 1.54) is 7.11 Å². The number of hydrogen-bond donors (Lipinski definition) is 1. The van der Waals surface area contributed by atoms with Gasteiger partial charge in [-0.1, -0.05) is 0 Å². The maximum atomic E-state index is 13.6. The van der Waals surface area contributed by atoms with Crippen molar-refractivity contribution in [1.82, 2.24) is 9.97 Å². The van der Waals surface area contributed by atoms with Crippen molar-refractivity contribution in [1.29, 1.82) is 0 Å². The molecule has 1 aromatic rings. The first-order valence-corrected chi connectivity index (χ1v) is 9.34. The monoisotopic (exact) mass is 400 g/mol. The standard InChI is InChI=1S/C18H23F3N4O3/c1-8(26)4-10-11-5-24(6-12(10)11)16-14(28-3)15(18(19,20)21)22-17(23-16)25-7-13(27)9(25)2/h9-13,27H,4-7H2,1-3H3/t9-,10?,11-,12+,13+/m0/s1. The first kappa shape index (κ1) is 19.2. The van der Waals surface area contributed by atoms with Gasteiger partial charge >= 0.3 is 6.18 Å². The van der Waals surface area contributed by atoms with Crippen molar-refractivity contribution < 1.29 is 27.8 Å². The van der Waals surface area contributed by atoms with Gasteiger partial charge < -0.3 is 24.4 Å². The molecule has 4 rings (SSSR count). The van der Waals surface area contributed by atoms with Crippen LogP contribution < -0.4 is 14.5 Å². The van der Waals surface area contributed by atoms with Crippen molar-refractivity contribution in [3.63, 3.8) is 0 Å². The van der Waals surface area contributed by atoms with Crippen LogP contribution in [-0.4, -0.2) is 59.7 Å². The number of ketones is 1. The topological polar surface area (TPSA) is 78.8 Å². The number of β-amino-alcohol motifs (C(OH)–C–C–N with tert-alkyl or cyclic N) is 1. The molecule has 1 saturated carbocycles. The van der Waals surface area contributed by atoms with Crippen LogP contribution in [-0.2, 0) is 11.0 Å². The SMILES string of the molecule is COc1c(N2C[C@@H]3C(CC(C)=O)[C@@H]3C2)nc(N2C[C@@H](O)[C@@H]2C)nc1C(F)(F)F. The molecule has 5 atom stereocenters. The fourth-order valence-corrected chi connectivity index (χ4v) is 4.46. The fourth-order valence-electron chi connectivity index (χ4n) is 4.46. The molecular formula is C18H23F3N4O3. The maximum Gasteiger partial charge on any atom is 0.437 e. The summed E-state index contributed by atoms with van der Waals surface area (Å²) in [6, 6.07) is -0.353. The van der Waals surface area contributed by atoms with E-state index in [1.54, 1.807) is 23.6 Å². The Morgan fingerprint density at radius 3 is 2.36 bits per heavy atom. The first-order valence-electron chi connectivity index (χ1n) is 9.34. The van der Waals surface area contributed by atoms with Gasteiger partial charge in [-0.05, 0) is 31.6 Å². The summed E-state index contributed by atoms with van der Waals surface area (Å²) < 4.78 is 46.0.